The maximum atomic E-state index is 11.7. The molecule has 0 radical (unpaired) electrons. The zero-order valence-electron chi connectivity index (χ0n) is 13.4. The Bertz CT molecular complexity index is 682. The van der Waals surface area contributed by atoms with Crippen molar-refractivity contribution in [1.29, 1.82) is 0 Å². The first-order valence-corrected chi connectivity index (χ1v) is 7.91. The van der Waals surface area contributed by atoms with Crippen LogP contribution in [0.3, 0.4) is 0 Å². The third kappa shape index (κ3) is 3.97. The van der Waals surface area contributed by atoms with E-state index >= 15 is 0 Å². The minimum Gasteiger partial charge on any atom is -0.335 e. The highest BCUT2D eigenvalue weighted by Crippen LogP contribution is 2.24. The molecule has 0 spiro atoms. The number of anilines is 3. The first kappa shape index (κ1) is 15.3. The van der Waals surface area contributed by atoms with Gasteiger partial charge in [0, 0.05) is 18.3 Å². The largest absolute Gasteiger partial charge is 0.335 e. The Morgan fingerprint density at radius 3 is 2.70 bits per heavy atom. The fraction of sp³-hybridized carbons (Fsp3) is 0.353. The van der Waals surface area contributed by atoms with Crippen LogP contribution in [0.2, 0.25) is 0 Å². The van der Waals surface area contributed by atoms with Gasteiger partial charge in [-0.2, -0.15) is 0 Å². The maximum Gasteiger partial charge on any atom is 0.320 e. The summed E-state index contributed by atoms with van der Waals surface area (Å²) in [6.07, 6.45) is 2.11. The molecule has 6 nitrogen and oxygen atoms in total. The Morgan fingerprint density at radius 2 is 2.09 bits per heavy atom. The summed E-state index contributed by atoms with van der Waals surface area (Å²) >= 11 is 0. The van der Waals surface area contributed by atoms with Crippen molar-refractivity contribution >= 4 is 23.4 Å². The molecule has 0 bridgehead atoms. The summed E-state index contributed by atoms with van der Waals surface area (Å²) in [6.45, 7) is 4.92. The fourth-order valence-electron chi connectivity index (χ4n) is 2.37. The van der Waals surface area contributed by atoms with Gasteiger partial charge in [0.2, 0.25) is 0 Å². The lowest BCUT2D eigenvalue weighted by Crippen LogP contribution is -2.30. The summed E-state index contributed by atoms with van der Waals surface area (Å²) in [6, 6.07) is 12.0. The van der Waals surface area contributed by atoms with E-state index in [2.05, 4.69) is 51.7 Å². The molecule has 1 fully saturated rings. The molecule has 2 aromatic rings. The highest BCUT2D eigenvalue weighted by Gasteiger charge is 2.23. The van der Waals surface area contributed by atoms with E-state index < -0.39 is 0 Å². The van der Waals surface area contributed by atoms with Crippen LogP contribution in [0.5, 0.6) is 0 Å². The quantitative estimate of drug-likeness (QED) is 0.889. The number of nitrogens with zero attached hydrogens (tertiary/aromatic N) is 3. The average molecular weight is 311 g/mol. The van der Waals surface area contributed by atoms with Gasteiger partial charge in [-0.3, -0.25) is 5.32 Å². The van der Waals surface area contributed by atoms with Gasteiger partial charge >= 0.3 is 6.03 Å². The van der Waals surface area contributed by atoms with Crippen molar-refractivity contribution in [2.75, 3.05) is 16.8 Å². The molecule has 1 heterocycles. The van der Waals surface area contributed by atoms with E-state index in [1.165, 1.54) is 5.56 Å². The molecule has 6 heteroatoms. The lowest BCUT2D eigenvalue weighted by molar-refractivity contribution is 0.251. The predicted octanol–water partition coefficient (Wildman–Crippen LogP) is 3.23. The number of amides is 2. The van der Waals surface area contributed by atoms with Gasteiger partial charge in [-0.15, -0.1) is 10.2 Å². The Balaban J connectivity index is 1.70. The minimum absolute atomic E-state index is 0.222. The average Bonchev–Trinajstić information content (AvgIpc) is 3.34. The molecule has 120 valence electrons. The number of hydrogen-bond acceptors (Lipinski definition) is 4. The van der Waals surface area contributed by atoms with Crippen LogP contribution in [0, 0.1) is 6.92 Å². The number of benzene rings is 1. The van der Waals surface area contributed by atoms with Crippen LogP contribution in [-0.4, -0.2) is 28.8 Å². The second kappa shape index (κ2) is 6.64. The number of carbonyl (C=O) groups excluding carboxylic acids is 1. The number of nitrogens with one attached hydrogen (secondary N) is 2. The standard InChI is InChI=1S/C17H21N5O/c1-3-22(14-6-4-5-12(2)11-14)16-10-9-15(20-21-16)19-17(23)18-13-7-8-13/h4-6,9-11,13H,3,7-8H2,1-2H3,(H2,18,19,20,23). The van der Waals surface area contributed by atoms with Crippen LogP contribution >= 0.6 is 0 Å². The third-order valence-electron chi connectivity index (χ3n) is 3.71. The summed E-state index contributed by atoms with van der Waals surface area (Å²) in [4.78, 5) is 13.8. The number of rotatable bonds is 5. The van der Waals surface area contributed by atoms with Gasteiger partial charge in [0.15, 0.2) is 11.6 Å². The molecule has 2 N–H and O–H groups in total. The molecule has 0 aliphatic heterocycles. The van der Waals surface area contributed by atoms with Crippen LogP contribution < -0.4 is 15.5 Å². The molecule has 0 saturated heterocycles. The third-order valence-corrected chi connectivity index (χ3v) is 3.71. The van der Waals surface area contributed by atoms with Gasteiger partial charge in [0.1, 0.15) is 0 Å². The van der Waals surface area contributed by atoms with E-state index in [1.54, 1.807) is 6.07 Å². The second-order valence-electron chi connectivity index (χ2n) is 5.73. The Hall–Kier alpha value is -2.63. The van der Waals surface area contributed by atoms with Crippen LogP contribution in [0.25, 0.3) is 0 Å². The molecule has 1 saturated carbocycles. The van der Waals surface area contributed by atoms with Gasteiger partial charge in [-0.1, -0.05) is 12.1 Å². The van der Waals surface area contributed by atoms with Gasteiger partial charge in [0.25, 0.3) is 0 Å². The van der Waals surface area contributed by atoms with Gasteiger partial charge in [-0.05, 0) is 56.5 Å². The van der Waals surface area contributed by atoms with E-state index in [0.717, 1.165) is 30.9 Å². The number of urea groups is 1. The SMILES string of the molecule is CCN(c1cccc(C)c1)c1ccc(NC(=O)NC2CC2)nn1. The number of hydrogen-bond donors (Lipinski definition) is 2. The summed E-state index contributed by atoms with van der Waals surface area (Å²) in [5.41, 5.74) is 2.28. The molecule has 1 aromatic heterocycles. The normalized spacial score (nSPS) is 13.5. The van der Waals surface area contributed by atoms with E-state index in [9.17, 15) is 4.79 Å². The van der Waals surface area contributed by atoms with Crippen LogP contribution in [0.4, 0.5) is 22.1 Å². The Morgan fingerprint density at radius 1 is 1.26 bits per heavy atom. The van der Waals surface area contributed by atoms with Crippen LogP contribution in [0.1, 0.15) is 25.3 Å². The van der Waals surface area contributed by atoms with Crippen molar-refractivity contribution in [1.82, 2.24) is 15.5 Å². The summed E-state index contributed by atoms with van der Waals surface area (Å²) in [7, 11) is 0. The molecule has 0 unspecified atom stereocenters. The molecule has 1 aliphatic carbocycles. The van der Waals surface area contributed by atoms with Crippen LogP contribution in [-0.2, 0) is 0 Å². The minimum atomic E-state index is -0.222. The van der Waals surface area contributed by atoms with Crippen molar-refractivity contribution in [3.63, 3.8) is 0 Å². The summed E-state index contributed by atoms with van der Waals surface area (Å²) < 4.78 is 0. The maximum absolute atomic E-state index is 11.7. The fourth-order valence-corrected chi connectivity index (χ4v) is 2.37. The zero-order chi connectivity index (χ0) is 16.2. The molecular weight excluding hydrogens is 290 g/mol. The van der Waals surface area contributed by atoms with Gasteiger partial charge in [0.05, 0.1) is 0 Å². The van der Waals surface area contributed by atoms with Crippen LogP contribution in [0.15, 0.2) is 36.4 Å². The van der Waals surface area contributed by atoms with E-state index in [4.69, 9.17) is 0 Å². The highest BCUT2D eigenvalue weighted by molar-refractivity contribution is 5.88. The molecule has 1 aromatic carbocycles. The highest BCUT2D eigenvalue weighted by atomic mass is 16.2. The summed E-state index contributed by atoms with van der Waals surface area (Å²) in [5.74, 6) is 1.21. The first-order chi connectivity index (χ1) is 11.2. The van der Waals surface area contributed by atoms with E-state index in [0.29, 0.717) is 11.9 Å². The number of aryl methyl sites for hydroxylation is 1. The number of aromatic nitrogens is 2. The van der Waals surface area contributed by atoms with Crippen molar-refractivity contribution in [2.24, 2.45) is 0 Å². The Labute approximate surface area is 135 Å². The van der Waals surface area contributed by atoms with Crippen molar-refractivity contribution in [2.45, 2.75) is 32.7 Å². The lowest BCUT2D eigenvalue weighted by Gasteiger charge is -2.22. The Kier molecular flexibility index (Phi) is 4.41. The topological polar surface area (TPSA) is 70.2 Å². The molecular formula is C17H21N5O. The van der Waals surface area contributed by atoms with E-state index in [1.807, 2.05) is 18.2 Å². The molecule has 2 amide bonds. The van der Waals surface area contributed by atoms with Gasteiger partial charge in [-0.25, -0.2) is 4.79 Å². The smallest absolute Gasteiger partial charge is 0.320 e. The van der Waals surface area contributed by atoms with Gasteiger partial charge < -0.3 is 10.2 Å². The van der Waals surface area contributed by atoms with Crippen molar-refractivity contribution < 1.29 is 4.79 Å². The molecule has 23 heavy (non-hydrogen) atoms. The zero-order valence-corrected chi connectivity index (χ0v) is 13.4. The van der Waals surface area contributed by atoms with E-state index in [-0.39, 0.29) is 6.03 Å². The first-order valence-electron chi connectivity index (χ1n) is 7.91. The summed E-state index contributed by atoms with van der Waals surface area (Å²) in [5, 5.41) is 13.9. The molecule has 0 atom stereocenters. The number of carbonyl (C=O) groups is 1. The molecule has 3 rings (SSSR count). The molecule has 1 aliphatic rings. The van der Waals surface area contributed by atoms with Crippen molar-refractivity contribution in [3.05, 3.63) is 42.0 Å². The monoisotopic (exact) mass is 311 g/mol. The second-order valence-corrected chi connectivity index (χ2v) is 5.73. The van der Waals surface area contributed by atoms with Crippen molar-refractivity contribution in [3.8, 4) is 0 Å². The predicted molar refractivity (Wildman–Crippen MR) is 91.1 cm³/mol. The lowest BCUT2D eigenvalue weighted by atomic mass is 10.2.